The number of benzene rings is 2. The Hall–Kier alpha value is -2.77. The number of ether oxygens (including phenoxy) is 1. The van der Waals surface area contributed by atoms with Crippen LogP contribution >= 0.6 is 0 Å². The van der Waals surface area contributed by atoms with Crippen molar-refractivity contribution in [3.63, 3.8) is 0 Å². The summed E-state index contributed by atoms with van der Waals surface area (Å²) < 4.78 is 37.7. The average molecular weight is 385 g/mol. The molecule has 1 aliphatic heterocycles. The number of para-hydroxylation sites is 1. The minimum atomic E-state index is -0.921. The number of nitrogens with zero attached hydrogens (tertiary/aromatic N) is 2. The molecule has 3 aromatic rings. The van der Waals surface area contributed by atoms with E-state index in [1.54, 1.807) is 13.4 Å². The van der Waals surface area contributed by atoms with E-state index >= 15 is 0 Å². The van der Waals surface area contributed by atoms with Gasteiger partial charge in [-0.2, -0.15) is 0 Å². The van der Waals surface area contributed by atoms with Crippen LogP contribution in [0.2, 0.25) is 0 Å². The zero-order chi connectivity index (χ0) is 19.5. The van der Waals surface area contributed by atoms with Crippen LogP contribution in [0.25, 0.3) is 11.5 Å². The molecular weight excluding hydrogens is 364 g/mol. The Labute approximate surface area is 161 Å². The van der Waals surface area contributed by atoms with Gasteiger partial charge in [0, 0.05) is 37.3 Å². The first-order valence-electron chi connectivity index (χ1n) is 9.13. The Kier molecular flexibility index (Phi) is 5.36. The minimum absolute atomic E-state index is 0.133. The number of halogens is 2. The van der Waals surface area contributed by atoms with Crippen molar-refractivity contribution in [3.8, 4) is 17.2 Å². The average Bonchev–Trinajstić information content (AvgIpc) is 3.19. The first-order chi connectivity index (χ1) is 13.7. The highest BCUT2D eigenvalue weighted by Gasteiger charge is 2.27. The number of rotatable bonds is 5. The van der Waals surface area contributed by atoms with Gasteiger partial charge >= 0.3 is 0 Å². The van der Waals surface area contributed by atoms with E-state index < -0.39 is 11.6 Å². The van der Waals surface area contributed by atoms with Crippen molar-refractivity contribution in [3.05, 3.63) is 71.6 Å². The van der Waals surface area contributed by atoms with Crippen LogP contribution < -0.4 is 10.1 Å². The van der Waals surface area contributed by atoms with Crippen molar-refractivity contribution in [1.82, 2.24) is 15.2 Å². The smallest absolute Gasteiger partial charge is 0.226 e. The van der Waals surface area contributed by atoms with Crippen LogP contribution in [0.3, 0.4) is 0 Å². The van der Waals surface area contributed by atoms with Gasteiger partial charge in [-0.25, -0.2) is 13.8 Å². The van der Waals surface area contributed by atoms with Crippen molar-refractivity contribution in [2.24, 2.45) is 0 Å². The summed E-state index contributed by atoms with van der Waals surface area (Å²) in [6.45, 7) is 3.10. The zero-order valence-electron chi connectivity index (χ0n) is 15.5. The fraction of sp³-hybridized carbons (Fsp3) is 0.286. The van der Waals surface area contributed by atoms with E-state index in [1.165, 1.54) is 6.07 Å². The van der Waals surface area contributed by atoms with Gasteiger partial charge in [-0.1, -0.05) is 18.2 Å². The molecule has 5 nitrogen and oxygen atoms in total. The standard InChI is InChI=1S/C21H21F2N3O2/c1-27-20-5-3-2-4-16(20)19-11-24-8-9-26(19)12-15-13-28-21(25-15)14-6-7-17(22)18(23)10-14/h2-7,10,13,19,24H,8-9,11-12H2,1H3. The Morgan fingerprint density at radius 3 is 2.89 bits per heavy atom. The lowest BCUT2D eigenvalue weighted by Crippen LogP contribution is -2.45. The molecule has 1 aromatic heterocycles. The van der Waals surface area contributed by atoms with E-state index in [4.69, 9.17) is 9.15 Å². The van der Waals surface area contributed by atoms with E-state index in [9.17, 15) is 8.78 Å². The second kappa shape index (κ2) is 8.08. The van der Waals surface area contributed by atoms with E-state index in [0.717, 1.165) is 48.8 Å². The third kappa shape index (κ3) is 3.76. The molecule has 1 unspecified atom stereocenters. The predicted octanol–water partition coefficient (Wildman–Crippen LogP) is 3.77. The molecule has 0 spiro atoms. The van der Waals surface area contributed by atoms with Gasteiger partial charge in [0.2, 0.25) is 5.89 Å². The lowest BCUT2D eigenvalue weighted by atomic mass is 10.0. The maximum Gasteiger partial charge on any atom is 0.226 e. The Morgan fingerprint density at radius 1 is 1.21 bits per heavy atom. The monoisotopic (exact) mass is 385 g/mol. The number of piperazine rings is 1. The van der Waals surface area contributed by atoms with E-state index in [0.29, 0.717) is 12.1 Å². The summed E-state index contributed by atoms with van der Waals surface area (Å²) in [4.78, 5) is 6.77. The third-order valence-corrected chi connectivity index (χ3v) is 4.94. The number of oxazole rings is 1. The molecule has 146 valence electrons. The predicted molar refractivity (Wildman–Crippen MR) is 101 cm³/mol. The summed E-state index contributed by atoms with van der Waals surface area (Å²) in [6.07, 6.45) is 1.57. The maximum absolute atomic E-state index is 13.5. The summed E-state index contributed by atoms with van der Waals surface area (Å²) in [5.74, 6) is -0.687. The SMILES string of the molecule is COc1ccccc1C1CNCCN1Cc1coc(-c2ccc(F)c(F)c2)n1. The first kappa shape index (κ1) is 18.6. The first-order valence-corrected chi connectivity index (χ1v) is 9.13. The fourth-order valence-corrected chi connectivity index (χ4v) is 3.53. The van der Waals surface area contributed by atoms with Gasteiger partial charge in [-0.3, -0.25) is 4.90 Å². The molecule has 0 saturated carbocycles. The van der Waals surface area contributed by atoms with E-state index in [1.807, 2.05) is 18.2 Å². The lowest BCUT2D eigenvalue weighted by Gasteiger charge is -2.36. The van der Waals surface area contributed by atoms with Crippen molar-refractivity contribution in [2.45, 2.75) is 12.6 Å². The summed E-state index contributed by atoms with van der Waals surface area (Å²) >= 11 is 0. The molecule has 1 saturated heterocycles. The molecule has 28 heavy (non-hydrogen) atoms. The largest absolute Gasteiger partial charge is 0.496 e. The Bertz CT molecular complexity index is 960. The van der Waals surface area contributed by atoms with Crippen LogP contribution in [0.15, 0.2) is 53.1 Å². The van der Waals surface area contributed by atoms with Crippen LogP contribution in [0.4, 0.5) is 8.78 Å². The van der Waals surface area contributed by atoms with Crippen LogP contribution in [0, 0.1) is 11.6 Å². The lowest BCUT2D eigenvalue weighted by molar-refractivity contribution is 0.149. The van der Waals surface area contributed by atoms with Gasteiger partial charge in [-0.05, 0) is 24.3 Å². The summed E-state index contributed by atoms with van der Waals surface area (Å²) in [5.41, 5.74) is 2.26. The maximum atomic E-state index is 13.5. The van der Waals surface area contributed by atoms with Gasteiger partial charge in [0.1, 0.15) is 12.0 Å². The Balaban J connectivity index is 1.55. The van der Waals surface area contributed by atoms with Crippen LogP contribution in [0.5, 0.6) is 5.75 Å². The molecule has 4 rings (SSSR count). The molecule has 1 aliphatic rings. The van der Waals surface area contributed by atoms with Crippen molar-refractivity contribution < 1.29 is 17.9 Å². The molecule has 0 amide bonds. The van der Waals surface area contributed by atoms with E-state index in [2.05, 4.69) is 21.3 Å². The number of methoxy groups -OCH3 is 1. The quantitative estimate of drug-likeness (QED) is 0.725. The van der Waals surface area contributed by atoms with Crippen molar-refractivity contribution in [1.29, 1.82) is 0 Å². The zero-order valence-corrected chi connectivity index (χ0v) is 15.5. The van der Waals surface area contributed by atoms with Gasteiger partial charge in [0.05, 0.1) is 18.8 Å². The van der Waals surface area contributed by atoms with Gasteiger partial charge < -0.3 is 14.5 Å². The molecule has 0 aliphatic carbocycles. The highest BCUT2D eigenvalue weighted by atomic mass is 19.2. The second-order valence-corrected chi connectivity index (χ2v) is 6.71. The summed E-state index contributed by atoms with van der Waals surface area (Å²) in [7, 11) is 1.67. The number of aromatic nitrogens is 1. The fourth-order valence-electron chi connectivity index (χ4n) is 3.53. The van der Waals surface area contributed by atoms with Crippen molar-refractivity contribution >= 4 is 0 Å². The summed E-state index contributed by atoms with van der Waals surface area (Å²) in [5, 5.41) is 3.42. The summed E-state index contributed by atoms with van der Waals surface area (Å²) in [6, 6.07) is 11.7. The molecule has 0 bridgehead atoms. The van der Waals surface area contributed by atoms with Gasteiger partial charge in [0.15, 0.2) is 11.6 Å². The minimum Gasteiger partial charge on any atom is -0.496 e. The van der Waals surface area contributed by atoms with Crippen LogP contribution in [-0.2, 0) is 6.54 Å². The molecule has 1 atom stereocenters. The van der Waals surface area contributed by atoms with Crippen molar-refractivity contribution in [2.75, 3.05) is 26.7 Å². The number of hydrogen-bond donors (Lipinski definition) is 1. The van der Waals surface area contributed by atoms with Gasteiger partial charge in [-0.15, -0.1) is 0 Å². The number of nitrogens with one attached hydrogen (secondary N) is 1. The highest BCUT2D eigenvalue weighted by Crippen LogP contribution is 2.31. The topological polar surface area (TPSA) is 50.5 Å². The molecule has 1 N–H and O–H groups in total. The molecule has 1 fully saturated rings. The molecular formula is C21H21F2N3O2. The normalized spacial score (nSPS) is 17.6. The van der Waals surface area contributed by atoms with Gasteiger partial charge in [0.25, 0.3) is 0 Å². The second-order valence-electron chi connectivity index (χ2n) is 6.71. The third-order valence-electron chi connectivity index (χ3n) is 4.94. The van der Waals surface area contributed by atoms with Crippen LogP contribution in [0.1, 0.15) is 17.3 Å². The number of hydrogen-bond acceptors (Lipinski definition) is 5. The molecule has 2 heterocycles. The Morgan fingerprint density at radius 2 is 2.07 bits per heavy atom. The molecule has 2 aromatic carbocycles. The molecule has 7 heteroatoms. The van der Waals surface area contributed by atoms with Crippen LogP contribution in [-0.4, -0.2) is 36.6 Å². The highest BCUT2D eigenvalue weighted by molar-refractivity contribution is 5.53. The molecule has 0 radical (unpaired) electrons. The van der Waals surface area contributed by atoms with E-state index in [-0.39, 0.29) is 11.9 Å².